The maximum absolute atomic E-state index is 12.5. The van der Waals surface area contributed by atoms with Crippen LogP contribution in [0.25, 0.3) is 0 Å². The summed E-state index contributed by atoms with van der Waals surface area (Å²) < 4.78 is 7.00. The van der Waals surface area contributed by atoms with Gasteiger partial charge in [0.15, 0.2) is 16.1 Å². The Morgan fingerprint density at radius 3 is 2.67 bits per heavy atom. The van der Waals surface area contributed by atoms with Crippen LogP contribution in [0.3, 0.4) is 0 Å². The Bertz CT molecular complexity index is 988. The third-order valence-electron chi connectivity index (χ3n) is 4.16. The minimum atomic E-state index is -0.356. The first kappa shape index (κ1) is 21.8. The van der Waals surface area contributed by atoms with Crippen LogP contribution in [0.4, 0.5) is 5.13 Å². The average molecular weight is 447 g/mol. The molecule has 0 spiro atoms. The molecule has 0 aliphatic rings. The van der Waals surface area contributed by atoms with Crippen molar-refractivity contribution in [3.05, 3.63) is 47.2 Å². The van der Waals surface area contributed by atoms with Crippen molar-refractivity contribution in [2.75, 3.05) is 18.2 Å². The molecule has 11 heteroatoms. The van der Waals surface area contributed by atoms with Gasteiger partial charge in [-0.15, -0.1) is 21.5 Å². The number of hydrogen-bond donors (Lipinski definition) is 2. The van der Waals surface area contributed by atoms with E-state index >= 15 is 0 Å². The molecule has 2 aromatic heterocycles. The molecule has 2 amide bonds. The summed E-state index contributed by atoms with van der Waals surface area (Å²) in [6.45, 7) is 4.42. The van der Waals surface area contributed by atoms with Gasteiger partial charge in [0.25, 0.3) is 5.91 Å². The first-order valence-electron chi connectivity index (χ1n) is 9.22. The molecular weight excluding hydrogens is 424 g/mol. The SMILES string of the molecule is CCn1c(SCC(=O)Nc2nccs2)nnc1[C@H](C)NC(=O)c1ccc(OC)cc1. The van der Waals surface area contributed by atoms with Crippen LogP contribution in [-0.2, 0) is 11.3 Å². The van der Waals surface area contributed by atoms with E-state index < -0.39 is 0 Å². The topological polar surface area (TPSA) is 111 Å². The Balaban J connectivity index is 1.61. The number of benzene rings is 1. The highest BCUT2D eigenvalue weighted by molar-refractivity contribution is 7.99. The van der Waals surface area contributed by atoms with Crippen molar-refractivity contribution >= 4 is 40.0 Å². The molecular formula is C19H22N6O3S2. The Labute approximate surface area is 182 Å². The summed E-state index contributed by atoms with van der Waals surface area (Å²) in [7, 11) is 1.58. The van der Waals surface area contributed by atoms with Gasteiger partial charge < -0.3 is 19.9 Å². The summed E-state index contributed by atoms with van der Waals surface area (Å²) in [5.41, 5.74) is 0.527. The fourth-order valence-corrected chi connectivity index (χ4v) is 4.04. The lowest BCUT2D eigenvalue weighted by molar-refractivity contribution is -0.113. The van der Waals surface area contributed by atoms with Crippen molar-refractivity contribution in [1.82, 2.24) is 25.1 Å². The smallest absolute Gasteiger partial charge is 0.251 e. The molecule has 2 heterocycles. The largest absolute Gasteiger partial charge is 0.497 e. The lowest BCUT2D eigenvalue weighted by atomic mass is 10.2. The number of carbonyl (C=O) groups is 2. The van der Waals surface area contributed by atoms with Gasteiger partial charge in [0.05, 0.1) is 18.9 Å². The highest BCUT2D eigenvalue weighted by atomic mass is 32.2. The van der Waals surface area contributed by atoms with Crippen molar-refractivity contribution in [1.29, 1.82) is 0 Å². The van der Waals surface area contributed by atoms with Gasteiger partial charge in [0.2, 0.25) is 5.91 Å². The zero-order valence-electron chi connectivity index (χ0n) is 16.8. The molecule has 0 bridgehead atoms. The monoisotopic (exact) mass is 446 g/mol. The van der Waals surface area contributed by atoms with Crippen molar-refractivity contribution in [3.63, 3.8) is 0 Å². The second kappa shape index (κ2) is 10.2. The summed E-state index contributed by atoms with van der Waals surface area (Å²) >= 11 is 2.65. The van der Waals surface area contributed by atoms with E-state index in [2.05, 4.69) is 25.8 Å². The lowest BCUT2D eigenvalue weighted by Crippen LogP contribution is -2.28. The molecule has 0 radical (unpaired) electrons. The zero-order chi connectivity index (χ0) is 21.5. The summed E-state index contributed by atoms with van der Waals surface area (Å²) in [6.07, 6.45) is 1.63. The van der Waals surface area contributed by atoms with E-state index in [-0.39, 0.29) is 23.6 Å². The van der Waals surface area contributed by atoms with Gasteiger partial charge in [0.1, 0.15) is 5.75 Å². The first-order chi connectivity index (χ1) is 14.5. The van der Waals surface area contributed by atoms with Crippen LogP contribution in [0, 0.1) is 0 Å². The van der Waals surface area contributed by atoms with E-state index in [9.17, 15) is 9.59 Å². The third kappa shape index (κ3) is 5.36. The fourth-order valence-electron chi connectivity index (χ4n) is 2.68. The number of rotatable bonds is 9. The van der Waals surface area contributed by atoms with Crippen LogP contribution >= 0.6 is 23.1 Å². The van der Waals surface area contributed by atoms with Crippen molar-refractivity contribution < 1.29 is 14.3 Å². The zero-order valence-corrected chi connectivity index (χ0v) is 18.4. The number of thiazole rings is 1. The average Bonchev–Trinajstić information content (AvgIpc) is 3.41. The standard InChI is InChI=1S/C19H22N6O3S2/c1-4-25-16(12(2)21-17(27)13-5-7-14(28-3)8-6-13)23-24-19(25)30-11-15(26)22-18-20-9-10-29-18/h5-10,12H,4,11H2,1-3H3,(H,21,27)(H,20,22,26)/t12-/m0/s1. The fraction of sp³-hybridized carbons (Fsp3) is 0.316. The highest BCUT2D eigenvalue weighted by Gasteiger charge is 2.20. The summed E-state index contributed by atoms with van der Waals surface area (Å²) in [5, 5.41) is 17.1. The first-order valence-corrected chi connectivity index (χ1v) is 11.1. The number of hydrogen-bond acceptors (Lipinski definition) is 8. The van der Waals surface area contributed by atoms with Crippen LogP contribution < -0.4 is 15.4 Å². The number of nitrogens with zero attached hydrogens (tertiary/aromatic N) is 4. The maximum atomic E-state index is 12.5. The number of carbonyl (C=O) groups excluding carboxylic acids is 2. The van der Waals surface area contributed by atoms with E-state index in [0.717, 1.165) is 0 Å². The predicted molar refractivity (Wildman–Crippen MR) is 116 cm³/mol. The third-order valence-corrected chi connectivity index (χ3v) is 5.82. The molecule has 0 saturated carbocycles. The number of anilines is 1. The predicted octanol–water partition coefficient (Wildman–Crippen LogP) is 2.98. The number of ether oxygens (including phenoxy) is 1. The Kier molecular flexibility index (Phi) is 7.41. The molecule has 0 saturated heterocycles. The van der Waals surface area contributed by atoms with Gasteiger partial charge in [-0.2, -0.15) is 0 Å². The number of amides is 2. The van der Waals surface area contributed by atoms with Gasteiger partial charge >= 0.3 is 0 Å². The summed E-state index contributed by atoms with van der Waals surface area (Å²) in [4.78, 5) is 28.6. The number of methoxy groups -OCH3 is 1. The molecule has 30 heavy (non-hydrogen) atoms. The van der Waals surface area contributed by atoms with Gasteiger partial charge in [-0.1, -0.05) is 11.8 Å². The van der Waals surface area contributed by atoms with Crippen LogP contribution in [0.15, 0.2) is 41.0 Å². The second-order valence-electron chi connectivity index (χ2n) is 6.18. The quantitative estimate of drug-likeness (QED) is 0.486. The van der Waals surface area contributed by atoms with Crippen LogP contribution in [0.5, 0.6) is 5.75 Å². The van der Waals surface area contributed by atoms with E-state index in [1.807, 2.05) is 18.4 Å². The number of thioether (sulfide) groups is 1. The molecule has 3 aromatic rings. The molecule has 158 valence electrons. The van der Waals surface area contributed by atoms with Crippen molar-refractivity contribution in [3.8, 4) is 5.75 Å². The molecule has 0 fully saturated rings. The molecule has 1 atom stereocenters. The Morgan fingerprint density at radius 1 is 1.27 bits per heavy atom. The van der Waals surface area contributed by atoms with Gasteiger partial charge in [-0.05, 0) is 38.1 Å². The highest BCUT2D eigenvalue weighted by Crippen LogP contribution is 2.22. The lowest BCUT2D eigenvalue weighted by Gasteiger charge is -2.15. The van der Waals surface area contributed by atoms with E-state index in [1.165, 1.54) is 23.1 Å². The van der Waals surface area contributed by atoms with Crippen LogP contribution in [0.1, 0.15) is 36.1 Å². The molecule has 1 aromatic carbocycles. The van der Waals surface area contributed by atoms with E-state index in [1.54, 1.807) is 43.0 Å². The van der Waals surface area contributed by atoms with Crippen molar-refractivity contribution in [2.24, 2.45) is 0 Å². The summed E-state index contributed by atoms with van der Waals surface area (Å²) in [5.74, 6) is 1.12. The maximum Gasteiger partial charge on any atom is 0.251 e. The number of aromatic nitrogens is 4. The molecule has 9 nitrogen and oxygen atoms in total. The Morgan fingerprint density at radius 2 is 2.03 bits per heavy atom. The molecule has 2 N–H and O–H groups in total. The molecule has 0 unspecified atom stereocenters. The molecule has 0 aliphatic heterocycles. The van der Waals surface area contributed by atoms with E-state index in [4.69, 9.17) is 4.74 Å². The van der Waals surface area contributed by atoms with Gasteiger partial charge in [-0.25, -0.2) is 4.98 Å². The van der Waals surface area contributed by atoms with Gasteiger partial charge in [-0.3, -0.25) is 9.59 Å². The number of nitrogens with one attached hydrogen (secondary N) is 2. The molecule has 3 rings (SSSR count). The van der Waals surface area contributed by atoms with E-state index in [0.29, 0.717) is 34.0 Å². The van der Waals surface area contributed by atoms with Crippen molar-refractivity contribution in [2.45, 2.75) is 31.6 Å². The van der Waals surface area contributed by atoms with Crippen LogP contribution in [-0.4, -0.2) is 44.4 Å². The van der Waals surface area contributed by atoms with Crippen LogP contribution in [0.2, 0.25) is 0 Å². The second-order valence-corrected chi connectivity index (χ2v) is 8.02. The summed E-state index contributed by atoms with van der Waals surface area (Å²) in [6, 6.07) is 6.52. The minimum absolute atomic E-state index is 0.164. The van der Waals surface area contributed by atoms with Gasteiger partial charge in [0, 0.05) is 23.7 Å². The minimum Gasteiger partial charge on any atom is -0.497 e. The normalized spacial score (nSPS) is 11.7. The molecule has 0 aliphatic carbocycles. The Hall–Kier alpha value is -2.92.